The second kappa shape index (κ2) is 7.81. The van der Waals surface area contributed by atoms with Gasteiger partial charge in [0, 0.05) is 6.54 Å². The maximum atomic E-state index is 5.84. The van der Waals surface area contributed by atoms with Crippen LogP contribution in [0.15, 0.2) is 60.7 Å². The first-order valence-corrected chi connectivity index (χ1v) is 8.09. The molecule has 0 amide bonds. The molecule has 2 aromatic rings. The van der Waals surface area contributed by atoms with Crippen LogP contribution in [0.1, 0.15) is 24.0 Å². The minimum absolute atomic E-state index is 0.765. The molecule has 22 heavy (non-hydrogen) atoms. The predicted molar refractivity (Wildman–Crippen MR) is 92.2 cm³/mol. The fraction of sp³-hybridized carbons (Fsp3) is 0.300. The topological polar surface area (TPSA) is 21.3 Å². The standard InChI is InChI=1S/C20H23NO/c1-2-5-17(6-3-1)7-4-16-22-20-10-8-18(9-11-20)19-12-14-21-15-13-19/h1-3,5-6,8-12,21H,4,7,13-16H2. The zero-order chi connectivity index (χ0) is 15.0. The predicted octanol–water partition coefficient (Wildman–Crippen LogP) is 4.07. The summed E-state index contributed by atoms with van der Waals surface area (Å²) in [5.41, 5.74) is 4.13. The third-order valence-corrected chi connectivity index (χ3v) is 4.01. The second-order valence-electron chi connectivity index (χ2n) is 5.65. The zero-order valence-corrected chi connectivity index (χ0v) is 12.9. The van der Waals surface area contributed by atoms with Gasteiger partial charge < -0.3 is 10.1 Å². The lowest BCUT2D eigenvalue weighted by Gasteiger charge is -2.14. The van der Waals surface area contributed by atoms with Crippen LogP contribution < -0.4 is 10.1 Å². The normalized spacial score (nSPS) is 14.5. The van der Waals surface area contributed by atoms with Gasteiger partial charge in [-0.15, -0.1) is 0 Å². The lowest BCUT2D eigenvalue weighted by atomic mass is 10.0. The first kappa shape index (κ1) is 14.9. The molecule has 0 aromatic heterocycles. The molecule has 3 rings (SSSR count). The fourth-order valence-corrected chi connectivity index (χ4v) is 2.76. The van der Waals surface area contributed by atoms with Gasteiger partial charge in [0.2, 0.25) is 0 Å². The molecular weight excluding hydrogens is 270 g/mol. The van der Waals surface area contributed by atoms with E-state index in [1.54, 1.807) is 0 Å². The first-order chi connectivity index (χ1) is 10.9. The maximum Gasteiger partial charge on any atom is 0.119 e. The highest BCUT2D eigenvalue weighted by molar-refractivity contribution is 5.67. The molecule has 0 bridgehead atoms. The highest BCUT2D eigenvalue weighted by Crippen LogP contribution is 2.22. The van der Waals surface area contributed by atoms with Gasteiger partial charge in [0.25, 0.3) is 0 Å². The highest BCUT2D eigenvalue weighted by atomic mass is 16.5. The molecule has 0 saturated heterocycles. The first-order valence-electron chi connectivity index (χ1n) is 8.09. The molecule has 0 spiro atoms. The summed E-state index contributed by atoms with van der Waals surface area (Å²) in [7, 11) is 0. The summed E-state index contributed by atoms with van der Waals surface area (Å²) in [5, 5.41) is 3.34. The summed E-state index contributed by atoms with van der Waals surface area (Å²) in [4.78, 5) is 0. The van der Waals surface area contributed by atoms with Crippen molar-refractivity contribution in [1.82, 2.24) is 5.32 Å². The van der Waals surface area contributed by atoms with E-state index in [2.05, 4.69) is 66.0 Å². The van der Waals surface area contributed by atoms with E-state index in [4.69, 9.17) is 4.74 Å². The summed E-state index contributed by atoms with van der Waals surface area (Å²) in [6, 6.07) is 19.1. The van der Waals surface area contributed by atoms with Crippen LogP contribution in [-0.2, 0) is 6.42 Å². The van der Waals surface area contributed by atoms with Crippen LogP contribution in [0.25, 0.3) is 5.57 Å². The van der Waals surface area contributed by atoms with Crippen molar-refractivity contribution in [3.8, 4) is 5.75 Å². The maximum absolute atomic E-state index is 5.84. The van der Waals surface area contributed by atoms with Crippen molar-refractivity contribution in [1.29, 1.82) is 0 Å². The Bertz CT molecular complexity index is 601. The molecule has 0 unspecified atom stereocenters. The van der Waals surface area contributed by atoms with Gasteiger partial charge in [-0.2, -0.15) is 0 Å². The molecule has 2 nitrogen and oxygen atoms in total. The van der Waals surface area contributed by atoms with Crippen molar-refractivity contribution in [2.24, 2.45) is 0 Å². The van der Waals surface area contributed by atoms with Gasteiger partial charge in [0.05, 0.1) is 6.61 Å². The summed E-state index contributed by atoms with van der Waals surface area (Å²) in [5.74, 6) is 0.964. The molecule has 0 fully saturated rings. The van der Waals surface area contributed by atoms with Crippen LogP contribution in [0.5, 0.6) is 5.75 Å². The van der Waals surface area contributed by atoms with Gasteiger partial charge in [0.1, 0.15) is 5.75 Å². The Kier molecular flexibility index (Phi) is 5.27. The van der Waals surface area contributed by atoms with E-state index >= 15 is 0 Å². The Labute approximate surface area is 132 Å². The minimum Gasteiger partial charge on any atom is -0.494 e. The SMILES string of the molecule is C1=C(c2ccc(OCCCc3ccccc3)cc2)CCNC1. The number of nitrogens with one attached hydrogen (secondary N) is 1. The Morgan fingerprint density at radius 1 is 0.955 bits per heavy atom. The van der Waals surface area contributed by atoms with Gasteiger partial charge in [-0.3, -0.25) is 0 Å². The molecule has 2 aromatic carbocycles. The van der Waals surface area contributed by atoms with Crippen LogP contribution in [-0.4, -0.2) is 19.7 Å². The van der Waals surface area contributed by atoms with Crippen molar-refractivity contribution >= 4 is 5.57 Å². The average molecular weight is 293 g/mol. The summed E-state index contributed by atoms with van der Waals surface area (Å²) in [6.45, 7) is 2.82. The fourth-order valence-electron chi connectivity index (χ4n) is 2.76. The molecule has 0 aliphatic carbocycles. The van der Waals surface area contributed by atoms with Gasteiger partial charge in [0.15, 0.2) is 0 Å². The van der Waals surface area contributed by atoms with Gasteiger partial charge in [-0.25, -0.2) is 0 Å². The summed E-state index contributed by atoms with van der Waals surface area (Å²) >= 11 is 0. The molecule has 0 atom stereocenters. The third kappa shape index (κ3) is 4.22. The van der Waals surface area contributed by atoms with Crippen LogP contribution in [0.2, 0.25) is 0 Å². The van der Waals surface area contributed by atoms with Gasteiger partial charge in [-0.05, 0) is 54.6 Å². The Morgan fingerprint density at radius 2 is 1.77 bits per heavy atom. The monoisotopic (exact) mass is 293 g/mol. The van der Waals surface area contributed by atoms with Gasteiger partial charge in [-0.1, -0.05) is 48.5 Å². The molecular formula is C20H23NO. The van der Waals surface area contributed by atoms with Crippen molar-refractivity contribution < 1.29 is 4.74 Å². The Hall–Kier alpha value is -2.06. The van der Waals surface area contributed by atoms with Crippen molar-refractivity contribution in [3.63, 3.8) is 0 Å². The Balaban J connectivity index is 1.46. The van der Waals surface area contributed by atoms with Crippen molar-refractivity contribution in [3.05, 3.63) is 71.8 Å². The molecule has 1 aliphatic rings. The summed E-state index contributed by atoms with van der Waals surface area (Å²) in [6.07, 6.45) is 5.50. The average Bonchev–Trinajstić information content (AvgIpc) is 2.61. The van der Waals surface area contributed by atoms with Crippen LogP contribution >= 0.6 is 0 Å². The lowest BCUT2D eigenvalue weighted by Crippen LogP contribution is -2.19. The molecule has 1 aliphatic heterocycles. The van der Waals surface area contributed by atoms with E-state index in [1.165, 1.54) is 16.7 Å². The van der Waals surface area contributed by atoms with Crippen LogP contribution in [0.3, 0.4) is 0 Å². The molecule has 0 radical (unpaired) electrons. The third-order valence-electron chi connectivity index (χ3n) is 4.01. The molecule has 2 heteroatoms. The van der Waals surface area contributed by atoms with Crippen LogP contribution in [0.4, 0.5) is 0 Å². The van der Waals surface area contributed by atoms with E-state index in [9.17, 15) is 0 Å². The van der Waals surface area contributed by atoms with Crippen molar-refractivity contribution in [2.45, 2.75) is 19.3 Å². The number of benzene rings is 2. The van der Waals surface area contributed by atoms with E-state index in [0.717, 1.165) is 44.7 Å². The highest BCUT2D eigenvalue weighted by Gasteiger charge is 2.05. The van der Waals surface area contributed by atoms with Crippen molar-refractivity contribution in [2.75, 3.05) is 19.7 Å². The largest absolute Gasteiger partial charge is 0.494 e. The number of ether oxygens (including phenoxy) is 1. The molecule has 114 valence electrons. The second-order valence-corrected chi connectivity index (χ2v) is 5.65. The number of hydrogen-bond acceptors (Lipinski definition) is 2. The van der Waals surface area contributed by atoms with E-state index in [0.29, 0.717) is 0 Å². The summed E-state index contributed by atoms with van der Waals surface area (Å²) < 4.78 is 5.84. The van der Waals surface area contributed by atoms with Gasteiger partial charge >= 0.3 is 0 Å². The van der Waals surface area contributed by atoms with E-state index < -0.39 is 0 Å². The number of aryl methyl sites for hydroxylation is 1. The van der Waals surface area contributed by atoms with E-state index in [-0.39, 0.29) is 0 Å². The molecule has 0 saturated carbocycles. The minimum atomic E-state index is 0.765. The quantitative estimate of drug-likeness (QED) is 0.810. The number of rotatable bonds is 6. The van der Waals surface area contributed by atoms with E-state index in [1.807, 2.05) is 0 Å². The molecule has 1 N–H and O–H groups in total. The smallest absolute Gasteiger partial charge is 0.119 e. The number of hydrogen-bond donors (Lipinski definition) is 1. The zero-order valence-electron chi connectivity index (χ0n) is 12.9. The lowest BCUT2D eigenvalue weighted by molar-refractivity contribution is 0.311. The van der Waals surface area contributed by atoms with Crippen LogP contribution in [0, 0.1) is 0 Å². The molecule has 1 heterocycles. The Morgan fingerprint density at radius 3 is 2.50 bits per heavy atom.